The molecule has 0 N–H and O–H groups in total. The molecule has 98 valence electrons. The number of benzene rings is 1. The molecular formula is C15H20O2S. The zero-order chi connectivity index (χ0) is 12.8. The van der Waals surface area contributed by atoms with E-state index < -0.39 is 0 Å². The van der Waals surface area contributed by atoms with Crippen LogP contribution in [0.3, 0.4) is 0 Å². The molecule has 0 aliphatic carbocycles. The van der Waals surface area contributed by atoms with Gasteiger partial charge in [0.15, 0.2) is 0 Å². The second-order valence-electron chi connectivity index (χ2n) is 4.96. The molecule has 0 bridgehead atoms. The molecule has 2 nitrogen and oxygen atoms in total. The van der Waals surface area contributed by atoms with E-state index >= 15 is 0 Å². The van der Waals surface area contributed by atoms with Crippen LogP contribution >= 0.6 is 11.8 Å². The largest absolute Gasteiger partial charge is 0.466 e. The van der Waals surface area contributed by atoms with Crippen molar-refractivity contribution in [3.05, 3.63) is 35.9 Å². The van der Waals surface area contributed by atoms with Gasteiger partial charge in [0.25, 0.3) is 0 Å². The molecule has 2 rings (SSSR count). The van der Waals surface area contributed by atoms with Gasteiger partial charge in [-0.1, -0.05) is 30.3 Å². The van der Waals surface area contributed by atoms with Crippen LogP contribution in [0.15, 0.2) is 30.3 Å². The van der Waals surface area contributed by atoms with Gasteiger partial charge < -0.3 is 4.74 Å². The Balaban J connectivity index is 1.87. The normalized spacial score (nSPS) is 16.9. The number of carbonyl (C=O) groups excluding carboxylic acids is 1. The molecule has 0 amide bonds. The van der Waals surface area contributed by atoms with Crippen molar-refractivity contribution in [3.8, 4) is 0 Å². The summed E-state index contributed by atoms with van der Waals surface area (Å²) in [5.41, 5.74) is 1.55. The van der Waals surface area contributed by atoms with E-state index in [9.17, 15) is 4.79 Å². The third kappa shape index (κ3) is 3.52. The summed E-state index contributed by atoms with van der Waals surface area (Å²) in [7, 11) is 0. The Bertz CT molecular complexity index is 385. The maximum absolute atomic E-state index is 11.6. The van der Waals surface area contributed by atoms with E-state index in [1.807, 2.05) is 24.8 Å². The first kappa shape index (κ1) is 13.5. The minimum atomic E-state index is -0.0362. The van der Waals surface area contributed by atoms with Crippen molar-refractivity contribution in [3.63, 3.8) is 0 Å². The van der Waals surface area contributed by atoms with Crippen LogP contribution in [0.1, 0.15) is 25.3 Å². The van der Waals surface area contributed by atoms with E-state index in [4.69, 9.17) is 4.74 Å². The molecule has 0 unspecified atom stereocenters. The third-order valence-corrected chi connectivity index (χ3v) is 5.06. The number of rotatable bonds is 6. The van der Waals surface area contributed by atoms with Crippen molar-refractivity contribution in [1.29, 1.82) is 0 Å². The molecule has 0 radical (unpaired) electrons. The smallest absolute Gasteiger partial charge is 0.306 e. The van der Waals surface area contributed by atoms with Gasteiger partial charge in [-0.05, 0) is 30.7 Å². The first-order valence-corrected chi connectivity index (χ1v) is 7.67. The van der Waals surface area contributed by atoms with E-state index in [2.05, 4.69) is 24.3 Å². The highest BCUT2D eigenvalue weighted by Gasteiger charge is 2.39. The zero-order valence-electron chi connectivity index (χ0n) is 10.9. The average molecular weight is 264 g/mol. The summed E-state index contributed by atoms with van der Waals surface area (Å²) in [5.74, 6) is 2.16. The minimum Gasteiger partial charge on any atom is -0.466 e. The van der Waals surface area contributed by atoms with Crippen molar-refractivity contribution < 1.29 is 9.53 Å². The lowest BCUT2D eigenvalue weighted by atomic mass is 9.82. The summed E-state index contributed by atoms with van der Waals surface area (Å²) >= 11 is 1.93. The van der Waals surface area contributed by atoms with Crippen LogP contribution in [0, 0.1) is 5.41 Å². The molecule has 0 spiro atoms. The monoisotopic (exact) mass is 264 g/mol. The quantitative estimate of drug-likeness (QED) is 0.737. The van der Waals surface area contributed by atoms with Crippen LogP contribution in [0.4, 0.5) is 0 Å². The number of hydrogen-bond donors (Lipinski definition) is 0. The van der Waals surface area contributed by atoms with Gasteiger partial charge >= 0.3 is 5.97 Å². The lowest BCUT2D eigenvalue weighted by molar-refractivity contribution is -0.145. The summed E-state index contributed by atoms with van der Waals surface area (Å²) in [6.07, 6.45) is 2.73. The summed E-state index contributed by atoms with van der Waals surface area (Å²) in [6.45, 7) is 2.35. The van der Waals surface area contributed by atoms with Gasteiger partial charge in [-0.25, -0.2) is 0 Å². The first-order valence-electron chi connectivity index (χ1n) is 6.51. The number of ether oxygens (including phenoxy) is 1. The topological polar surface area (TPSA) is 26.3 Å². The lowest BCUT2D eigenvalue weighted by Crippen LogP contribution is -2.38. The first-order chi connectivity index (χ1) is 8.74. The second-order valence-corrected chi connectivity index (χ2v) is 5.95. The zero-order valence-corrected chi connectivity index (χ0v) is 11.7. The molecular weight excluding hydrogens is 244 g/mol. The van der Waals surface area contributed by atoms with Crippen LogP contribution in [0.25, 0.3) is 0 Å². The molecule has 0 atom stereocenters. The predicted octanol–water partition coefficient (Wildman–Crippen LogP) is 3.31. The molecule has 1 aromatic rings. The van der Waals surface area contributed by atoms with E-state index in [1.165, 1.54) is 5.56 Å². The molecule has 0 aromatic heterocycles. The van der Waals surface area contributed by atoms with Gasteiger partial charge in [0.05, 0.1) is 13.0 Å². The molecule has 0 saturated carbocycles. The number of aryl methyl sites for hydroxylation is 1. The highest BCUT2D eigenvalue weighted by molar-refractivity contribution is 8.00. The maximum Gasteiger partial charge on any atom is 0.306 e. The lowest BCUT2D eigenvalue weighted by Gasteiger charge is -2.40. The number of carbonyl (C=O) groups is 1. The predicted molar refractivity (Wildman–Crippen MR) is 75.8 cm³/mol. The van der Waals surface area contributed by atoms with Crippen molar-refractivity contribution in [1.82, 2.24) is 0 Å². The van der Waals surface area contributed by atoms with Crippen molar-refractivity contribution in [2.45, 2.75) is 26.2 Å². The fourth-order valence-electron chi connectivity index (χ4n) is 2.30. The highest BCUT2D eigenvalue weighted by Crippen LogP contribution is 2.44. The summed E-state index contributed by atoms with van der Waals surface area (Å²) in [4.78, 5) is 11.6. The van der Waals surface area contributed by atoms with Crippen LogP contribution in [-0.2, 0) is 16.0 Å². The fraction of sp³-hybridized carbons (Fsp3) is 0.533. The van der Waals surface area contributed by atoms with Crippen LogP contribution in [-0.4, -0.2) is 24.1 Å². The highest BCUT2D eigenvalue weighted by atomic mass is 32.2. The average Bonchev–Trinajstić information content (AvgIpc) is 2.34. The van der Waals surface area contributed by atoms with E-state index in [0.29, 0.717) is 13.0 Å². The van der Waals surface area contributed by atoms with Crippen LogP contribution < -0.4 is 0 Å². The molecule has 3 heteroatoms. The minimum absolute atomic E-state index is 0.0362. The Hall–Kier alpha value is -0.960. The molecule has 1 heterocycles. The Morgan fingerprint density at radius 3 is 2.61 bits per heavy atom. The maximum atomic E-state index is 11.6. The SMILES string of the molecule is CCOC(=O)CC1(CCc2ccccc2)CSC1. The number of thioether (sulfide) groups is 1. The van der Waals surface area contributed by atoms with Gasteiger partial charge in [0, 0.05) is 11.5 Å². The van der Waals surface area contributed by atoms with E-state index in [-0.39, 0.29) is 11.4 Å². The molecule has 18 heavy (non-hydrogen) atoms. The standard InChI is InChI=1S/C15H20O2S/c1-2-17-14(16)10-15(11-18-12-15)9-8-13-6-4-3-5-7-13/h3-7H,2,8-12H2,1H3. The number of esters is 1. The Labute approximate surface area is 113 Å². The Morgan fingerprint density at radius 2 is 2.06 bits per heavy atom. The van der Waals surface area contributed by atoms with Crippen molar-refractivity contribution in [2.24, 2.45) is 5.41 Å². The van der Waals surface area contributed by atoms with Gasteiger partial charge in [0.2, 0.25) is 0 Å². The van der Waals surface area contributed by atoms with Gasteiger partial charge in [0.1, 0.15) is 0 Å². The summed E-state index contributed by atoms with van der Waals surface area (Å²) in [5, 5.41) is 0. The molecule has 1 aliphatic rings. The van der Waals surface area contributed by atoms with Crippen molar-refractivity contribution >= 4 is 17.7 Å². The Kier molecular flexibility index (Phi) is 4.70. The number of hydrogen-bond acceptors (Lipinski definition) is 3. The fourth-order valence-corrected chi connectivity index (χ4v) is 3.57. The molecule has 1 aliphatic heterocycles. The van der Waals surface area contributed by atoms with Crippen LogP contribution in [0.2, 0.25) is 0 Å². The Morgan fingerprint density at radius 1 is 1.33 bits per heavy atom. The van der Waals surface area contributed by atoms with Crippen LogP contribution in [0.5, 0.6) is 0 Å². The van der Waals surface area contributed by atoms with Gasteiger partial charge in [-0.15, -0.1) is 0 Å². The molecule has 1 saturated heterocycles. The molecule has 1 fully saturated rings. The third-order valence-electron chi connectivity index (χ3n) is 3.43. The summed E-state index contributed by atoms with van der Waals surface area (Å²) < 4.78 is 5.08. The second kappa shape index (κ2) is 6.28. The van der Waals surface area contributed by atoms with E-state index in [1.54, 1.807) is 0 Å². The summed E-state index contributed by atoms with van der Waals surface area (Å²) in [6, 6.07) is 10.5. The van der Waals surface area contributed by atoms with E-state index in [0.717, 1.165) is 24.3 Å². The van der Waals surface area contributed by atoms with Gasteiger partial charge in [-0.2, -0.15) is 11.8 Å². The molecule has 1 aromatic carbocycles. The van der Waals surface area contributed by atoms with Crippen molar-refractivity contribution in [2.75, 3.05) is 18.1 Å². The van der Waals surface area contributed by atoms with Gasteiger partial charge in [-0.3, -0.25) is 4.79 Å².